The molecule has 1 rings (SSSR count). The Bertz CT molecular complexity index is 220. The Morgan fingerprint density at radius 2 is 2.10 bits per heavy atom. The van der Waals surface area contributed by atoms with Crippen LogP contribution in [-0.4, -0.2) is 11.9 Å². The fourth-order valence-corrected chi connectivity index (χ4v) is 0.930. The molecule has 2 heteroatoms. The lowest BCUT2D eigenvalue weighted by atomic mass is 9.64. The normalized spacial score (nSPS) is 9.50. The lowest BCUT2D eigenvalue weighted by Crippen LogP contribution is -2.25. The van der Waals surface area contributed by atoms with Crippen molar-refractivity contribution in [1.82, 2.24) is 0 Å². The summed E-state index contributed by atoms with van der Waals surface area (Å²) in [5, 5.41) is 9.15. The van der Waals surface area contributed by atoms with E-state index in [2.05, 4.69) is 0 Å². The maximum Gasteiger partial charge on any atom is 0.320 e. The molecular weight excluding hydrogens is 123 g/mol. The molecule has 1 aromatic carbocycles. The van der Waals surface area contributed by atoms with E-state index in [1.165, 1.54) is 5.56 Å². The molecule has 0 aliphatic heterocycles. The molecule has 0 bridgehead atoms. The number of hydrogen-bond acceptors (Lipinski definition) is 1. The summed E-state index contributed by atoms with van der Waals surface area (Å²) in [4.78, 5) is 0. The van der Waals surface area contributed by atoms with E-state index in [1.807, 2.05) is 31.2 Å². The predicted octanol–water partition coefficient (Wildman–Crippen LogP) is 0.816. The second-order valence-electron chi connectivity index (χ2n) is 2.59. The van der Waals surface area contributed by atoms with Crippen molar-refractivity contribution >= 4 is 12.4 Å². The van der Waals surface area contributed by atoms with Crippen molar-refractivity contribution in [2.45, 2.75) is 13.7 Å². The predicted molar refractivity (Wildman–Crippen MR) is 44.6 cm³/mol. The quantitative estimate of drug-likeness (QED) is 0.563. The SMILES string of the molecule is CB(O)c1cccc(C)c1. The third kappa shape index (κ3) is 1.61. The lowest BCUT2D eigenvalue weighted by molar-refractivity contribution is 0.594. The molecule has 0 unspecified atom stereocenters. The van der Waals surface area contributed by atoms with E-state index in [0.29, 0.717) is 0 Å². The molecule has 0 saturated heterocycles. The Labute approximate surface area is 61.8 Å². The van der Waals surface area contributed by atoms with Crippen LogP contribution in [0.25, 0.3) is 0 Å². The minimum absolute atomic E-state index is 0.347. The molecule has 0 amide bonds. The van der Waals surface area contributed by atoms with Crippen molar-refractivity contribution in [2.75, 3.05) is 0 Å². The van der Waals surface area contributed by atoms with Crippen molar-refractivity contribution in [3.05, 3.63) is 29.8 Å². The van der Waals surface area contributed by atoms with Gasteiger partial charge >= 0.3 is 6.92 Å². The molecular formula is C8H11BO. The Morgan fingerprint density at radius 1 is 1.40 bits per heavy atom. The van der Waals surface area contributed by atoms with Gasteiger partial charge in [-0.05, 0) is 12.4 Å². The summed E-state index contributed by atoms with van der Waals surface area (Å²) in [6.45, 7) is 3.44. The van der Waals surface area contributed by atoms with Gasteiger partial charge in [0.05, 0.1) is 0 Å². The minimum Gasteiger partial charge on any atom is -0.447 e. The van der Waals surface area contributed by atoms with Crippen molar-refractivity contribution < 1.29 is 5.02 Å². The van der Waals surface area contributed by atoms with E-state index >= 15 is 0 Å². The van der Waals surface area contributed by atoms with E-state index in [4.69, 9.17) is 5.02 Å². The standard InChI is InChI=1S/C8H11BO/c1-7-4-3-5-8(6-7)9(2)10/h3-6,10H,1-2H3. The van der Waals surface area contributed by atoms with Crippen LogP contribution in [0, 0.1) is 6.92 Å². The monoisotopic (exact) mass is 134 g/mol. The zero-order valence-corrected chi connectivity index (χ0v) is 6.33. The average molecular weight is 134 g/mol. The number of rotatable bonds is 1. The van der Waals surface area contributed by atoms with Gasteiger partial charge in [0, 0.05) is 0 Å². The van der Waals surface area contributed by atoms with Crippen LogP contribution in [0.15, 0.2) is 24.3 Å². The summed E-state index contributed by atoms with van der Waals surface area (Å²) in [5.41, 5.74) is 2.18. The number of benzene rings is 1. The van der Waals surface area contributed by atoms with E-state index < -0.39 is 0 Å². The molecule has 1 nitrogen and oxygen atoms in total. The Balaban J connectivity index is 2.96. The summed E-state index contributed by atoms with van der Waals surface area (Å²) < 4.78 is 0. The fraction of sp³-hybridized carbons (Fsp3) is 0.250. The second-order valence-corrected chi connectivity index (χ2v) is 2.59. The van der Waals surface area contributed by atoms with Crippen LogP contribution in [0.1, 0.15) is 5.56 Å². The van der Waals surface area contributed by atoms with Gasteiger partial charge in [0.2, 0.25) is 0 Å². The molecule has 0 aliphatic rings. The van der Waals surface area contributed by atoms with E-state index in [9.17, 15) is 0 Å². The molecule has 0 heterocycles. The lowest BCUT2D eigenvalue weighted by Gasteiger charge is -2.00. The highest BCUT2D eigenvalue weighted by Gasteiger charge is 2.04. The largest absolute Gasteiger partial charge is 0.447 e. The Morgan fingerprint density at radius 3 is 2.50 bits per heavy atom. The molecule has 0 spiro atoms. The van der Waals surface area contributed by atoms with Crippen molar-refractivity contribution in [3.8, 4) is 0 Å². The van der Waals surface area contributed by atoms with Crippen LogP contribution in [0.3, 0.4) is 0 Å². The van der Waals surface area contributed by atoms with Crippen molar-refractivity contribution in [3.63, 3.8) is 0 Å². The highest BCUT2D eigenvalue weighted by Crippen LogP contribution is 1.93. The van der Waals surface area contributed by atoms with Gasteiger partial charge in [-0.2, -0.15) is 0 Å². The highest BCUT2D eigenvalue weighted by molar-refractivity contribution is 6.64. The Hall–Kier alpha value is -0.755. The summed E-state index contributed by atoms with van der Waals surface area (Å²) in [6.07, 6.45) is 0. The first-order chi connectivity index (χ1) is 4.70. The van der Waals surface area contributed by atoms with Crippen molar-refractivity contribution in [1.29, 1.82) is 0 Å². The molecule has 52 valence electrons. The van der Waals surface area contributed by atoms with Gasteiger partial charge < -0.3 is 5.02 Å². The summed E-state index contributed by atoms with van der Waals surface area (Å²) in [7, 11) is 0. The van der Waals surface area contributed by atoms with Crippen LogP contribution >= 0.6 is 0 Å². The van der Waals surface area contributed by atoms with Crippen LogP contribution in [0.4, 0.5) is 0 Å². The molecule has 0 fully saturated rings. The molecule has 1 N–H and O–H groups in total. The van der Waals surface area contributed by atoms with Gasteiger partial charge in [0.15, 0.2) is 0 Å². The second kappa shape index (κ2) is 2.89. The van der Waals surface area contributed by atoms with Gasteiger partial charge in [-0.3, -0.25) is 0 Å². The highest BCUT2D eigenvalue weighted by atomic mass is 16.2. The summed E-state index contributed by atoms with van der Waals surface area (Å²) in [6, 6.07) is 7.89. The number of aryl methyl sites for hydroxylation is 1. The van der Waals surface area contributed by atoms with E-state index in [-0.39, 0.29) is 6.92 Å². The van der Waals surface area contributed by atoms with Gasteiger partial charge in [-0.1, -0.05) is 36.7 Å². The average Bonchev–Trinajstić information content (AvgIpc) is 1.88. The van der Waals surface area contributed by atoms with Crippen LogP contribution in [-0.2, 0) is 0 Å². The van der Waals surface area contributed by atoms with Crippen LogP contribution < -0.4 is 5.46 Å². The summed E-state index contributed by atoms with van der Waals surface area (Å²) in [5.74, 6) is 0. The molecule has 0 radical (unpaired) electrons. The third-order valence-electron chi connectivity index (χ3n) is 1.52. The molecule has 1 aromatic rings. The zero-order chi connectivity index (χ0) is 7.56. The number of hydrogen-bond donors (Lipinski definition) is 1. The zero-order valence-electron chi connectivity index (χ0n) is 6.33. The molecule has 0 aliphatic carbocycles. The maximum absolute atomic E-state index is 9.15. The van der Waals surface area contributed by atoms with Gasteiger partial charge in [-0.25, -0.2) is 0 Å². The van der Waals surface area contributed by atoms with E-state index in [1.54, 1.807) is 6.82 Å². The molecule has 0 saturated carbocycles. The van der Waals surface area contributed by atoms with Gasteiger partial charge in [-0.15, -0.1) is 0 Å². The topological polar surface area (TPSA) is 20.2 Å². The van der Waals surface area contributed by atoms with Gasteiger partial charge in [0.25, 0.3) is 0 Å². The molecule has 10 heavy (non-hydrogen) atoms. The van der Waals surface area contributed by atoms with Crippen LogP contribution in [0.2, 0.25) is 6.82 Å². The third-order valence-corrected chi connectivity index (χ3v) is 1.52. The first kappa shape index (κ1) is 7.35. The Kier molecular flexibility index (Phi) is 2.12. The summed E-state index contributed by atoms with van der Waals surface area (Å²) >= 11 is 0. The molecule has 0 aromatic heterocycles. The smallest absolute Gasteiger partial charge is 0.320 e. The maximum atomic E-state index is 9.15. The van der Waals surface area contributed by atoms with Crippen molar-refractivity contribution in [2.24, 2.45) is 0 Å². The first-order valence-corrected chi connectivity index (χ1v) is 3.45. The van der Waals surface area contributed by atoms with E-state index in [0.717, 1.165) is 5.46 Å². The molecule has 0 atom stereocenters. The van der Waals surface area contributed by atoms with Gasteiger partial charge in [0.1, 0.15) is 0 Å². The van der Waals surface area contributed by atoms with Crippen LogP contribution in [0.5, 0.6) is 0 Å². The first-order valence-electron chi connectivity index (χ1n) is 3.45. The minimum atomic E-state index is -0.347. The fourth-order valence-electron chi connectivity index (χ4n) is 0.930.